The van der Waals surface area contributed by atoms with Gasteiger partial charge in [-0.25, -0.2) is 13.1 Å². The second-order valence-corrected chi connectivity index (χ2v) is 6.80. The molecule has 21 heavy (non-hydrogen) atoms. The standard InChI is InChI=1S/C12H18N4O4S/c1-2-12(7-4-8-12)15-21(19,20)10-6-3-5-9(14-13)11(10)16(17)18/h3,5-6,14-15H,2,4,7-8,13H2,1H3. The number of hydrogen-bond donors (Lipinski definition) is 3. The first kappa shape index (κ1) is 15.7. The molecule has 0 aliphatic heterocycles. The van der Waals surface area contributed by atoms with Crippen LogP contribution in [-0.4, -0.2) is 18.9 Å². The number of benzene rings is 1. The summed E-state index contributed by atoms with van der Waals surface area (Å²) in [6.45, 7) is 1.90. The molecule has 1 fully saturated rings. The Morgan fingerprint density at radius 2 is 2.10 bits per heavy atom. The van der Waals surface area contributed by atoms with Gasteiger partial charge in [0.05, 0.1) is 4.92 Å². The number of nitrogens with two attached hydrogens (primary N) is 1. The fourth-order valence-electron chi connectivity index (χ4n) is 2.52. The zero-order valence-electron chi connectivity index (χ0n) is 11.6. The van der Waals surface area contributed by atoms with Gasteiger partial charge in [0.15, 0.2) is 4.90 Å². The maximum absolute atomic E-state index is 12.5. The van der Waals surface area contributed by atoms with Crippen molar-refractivity contribution in [2.75, 3.05) is 5.43 Å². The number of para-hydroxylation sites is 1. The van der Waals surface area contributed by atoms with E-state index in [9.17, 15) is 18.5 Å². The average Bonchev–Trinajstić information content (AvgIpc) is 2.41. The first-order valence-electron chi connectivity index (χ1n) is 6.63. The third-order valence-corrected chi connectivity index (χ3v) is 5.58. The number of nitro groups is 1. The van der Waals surface area contributed by atoms with Crippen molar-refractivity contribution >= 4 is 21.4 Å². The summed E-state index contributed by atoms with van der Waals surface area (Å²) < 4.78 is 27.6. The van der Waals surface area contributed by atoms with Crippen LogP contribution >= 0.6 is 0 Å². The number of nitrogens with zero attached hydrogens (tertiary/aromatic N) is 1. The van der Waals surface area contributed by atoms with E-state index in [1.54, 1.807) is 0 Å². The van der Waals surface area contributed by atoms with E-state index >= 15 is 0 Å². The molecule has 0 aromatic heterocycles. The van der Waals surface area contributed by atoms with Gasteiger partial charge >= 0.3 is 5.69 Å². The van der Waals surface area contributed by atoms with Crippen LogP contribution in [-0.2, 0) is 10.0 Å². The molecule has 0 spiro atoms. The van der Waals surface area contributed by atoms with Gasteiger partial charge in [0.2, 0.25) is 10.0 Å². The van der Waals surface area contributed by atoms with Crippen LogP contribution in [0.4, 0.5) is 11.4 Å². The first-order valence-corrected chi connectivity index (χ1v) is 8.11. The lowest BCUT2D eigenvalue weighted by molar-refractivity contribution is -0.386. The lowest BCUT2D eigenvalue weighted by Crippen LogP contribution is -2.52. The second-order valence-electron chi connectivity index (χ2n) is 5.15. The van der Waals surface area contributed by atoms with Crippen molar-refractivity contribution in [1.29, 1.82) is 0 Å². The molecule has 2 rings (SSSR count). The minimum absolute atomic E-state index is 0.0398. The summed E-state index contributed by atoms with van der Waals surface area (Å²) in [5.41, 5.74) is 1.09. The highest BCUT2D eigenvalue weighted by atomic mass is 32.2. The Hall–Kier alpha value is -1.71. The van der Waals surface area contributed by atoms with E-state index in [1.165, 1.54) is 18.2 Å². The summed E-state index contributed by atoms with van der Waals surface area (Å²) in [6.07, 6.45) is 3.08. The third kappa shape index (κ3) is 2.85. The monoisotopic (exact) mass is 314 g/mol. The fraction of sp³-hybridized carbons (Fsp3) is 0.500. The topological polar surface area (TPSA) is 127 Å². The van der Waals surface area contributed by atoms with E-state index in [2.05, 4.69) is 10.1 Å². The molecule has 0 amide bonds. The van der Waals surface area contributed by atoms with E-state index in [0.29, 0.717) is 6.42 Å². The number of rotatable bonds is 6. The van der Waals surface area contributed by atoms with Crippen LogP contribution in [0.2, 0.25) is 0 Å². The SMILES string of the molecule is CCC1(NS(=O)(=O)c2cccc(NN)c2[N+](=O)[O-])CCC1. The molecule has 0 heterocycles. The zero-order chi connectivity index (χ0) is 15.7. The summed E-state index contributed by atoms with van der Waals surface area (Å²) in [5.74, 6) is 5.22. The Kier molecular flexibility index (Phi) is 4.17. The molecule has 8 nitrogen and oxygen atoms in total. The van der Waals surface area contributed by atoms with E-state index in [4.69, 9.17) is 5.84 Å². The summed E-state index contributed by atoms with van der Waals surface area (Å²) >= 11 is 0. The molecule has 116 valence electrons. The van der Waals surface area contributed by atoms with Gasteiger partial charge in [-0.1, -0.05) is 13.0 Å². The number of hydrogen-bond acceptors (Lipinski definition) is 6. The third-order valence-electron chi connectivity index (χ3n) is 3.96. The van der Waals surface area contributed by atoms with Gasteiger partial charge in [-0.05, 0) is 37.8 Å². The maximum atomic E-state index is 12.5. The minimum Gasteiger partial charge on any atom is -0.318 e. The second kappa shape index (κ2) is 5.58. The maximum Gasteiger partial charge on any atom is 0.313 e. The van der Waals surface area contributed by atoms with Crippen LogP contribution in [0.25, 0.3) is 0 Å². The van der Waals surface area contributed by atoms with E-state index in [0.717, 1.165) is 19.3 Å². The van der Waals surface area contributed by atoms with Gasteiger partial charge in [-0.3, -0.25) is 16.0 Å². The molecule has 0 radical (unpaired) electrons. The molecule has 1 aromatic carbocycles. The Labute approximate surface area is 122 Å². The van der Waals surface area contributed by atoms with Gasteiger partial charge in [-0.2, -0.15) is 0 Å². The minimum atomic E-state index is -3.99. The van der Waals surface area contributed by atoms with Crippen LogP contribution in [0.3, 0.4) is 0 Å². The molecule has 1 aromatic rings. The Morgan fingerprint density at radius 1 is 1.43 bits per heavy atom. The van der Waals surface area contributed by atoms with E-state index < -0.39 is 26.2 Å². The van der Waals surface area contributed by atoms with Crippen LogP contribution in [0.15, 0.2) is 23.1 Å². The lowest BCUT2D eigenvalue weighted by Gasteiger charge is -2.41. The largest absolute Gasteiger partial charge is 0.318 e. The van der Waals surface area contributed by atoms with Crippen molar-refractivity contribution in [2.45, 2.75) is 43.0 Å². The first-order chi connectivity index (χ1) is 9.85. The highest BCUT2D eigenvalue weighted by Gasteiger charge is 2.41. The molecule has 0 unspecified atom stereocenters. The van der Waals surface area contributed by atoms with Crippen LogP contribution in [0, 0.1) is 10.1 Å². The van der Waals surface area contributed by atoms with Crippen molar-refractivity contribution in [3.05, 3.63) is 28.3 Å². The van der Waals surface area contributed by atoms with Crippen molar-refractivity contribution in [3.8, 4) is 0 Å². The van der Waals surface area contributed by atoms with Crippen molar-refractivity contribution in [3.63, 3.8) is 0 Å². The molecule has 0 bridgehead atoms. The van der Waals surface area contributed by atoms with Gasteiger partial charge in [-0.15, -0.1) is 0 Å². The van der Waals surface area contributed by atoms with Crippen molar-refractivity contribution in [1.82, 2.24) is 4.72 Å². The van der Waals surface area contributed by atoms with Crippen LogP contribution < -0.4 is 16.0 Å². The van der Waals surface area contributed by atoms with Gasteiger partial charge in [0, 0.05) is 5.54 Å². The number of nitrogens with one attached hydrogen (secondary N) is 2. The molecule has 9 heteroatoms. The molecular formula is C12H18N4O4S. The summed E-state index contributed by atoms with van der Waals surface area (Å²) in [7, 11) is -3.99. The van der Waals surface area contributed by atoms with Gasteiger partial charge in [0.25, 0.3) is 0 Å². The van der Waals surface area contributed by atoms with E-state index in [1.807, 2.05) is 6.92 Å². The average molecular weight is 314 g/mol. The molecular weight excluding hydrogens is 296 g/mol. The van der Waals surface area contributed by atoms with Crippen molar-refractivity contribution in [2.24, 2.45) is 5.84 Å². The molecule has 1 saturated carbocycles. The lowest BCUT2D eigenvalue weighted by atomic mass is 9.76. The smallest absolute Gasteiger partial charge is 0.313 e. The van der Waals surface area contributed by atoms with E-state index in [-0.39, 0.29) is 10.6 Å². The van der Waals surface area contributed by atoms with Gasteiger partial charge < -0.3 is 5.43 Å². The molecule has 0 saturated heterocycles. The Balaban J connectivity index is 2.47. The molecule has 1 aliphatic carbocycles. The predicted molar refractivity (Wildman–Crippen MR) is 78.1 cm³/mol. The zero-order valence-corrected chi connectivity index (χ0v) is 12.4. The number of hydrazine groups is 1. The van der Waals surface area contributed by atoms with Gasteiger partial charge in [0.1, 0.15) is 5.69 Å². The molecule has 1 aliphatic rings. The number of sulfonamides is 1. The Morgan fingerprint density at radius 3 is 2.52 bits per heavy atom. The highest BCUT2D eigenvalue weighted by molar-refractivity contribution is 7.89. The summed E-state index contributed by atoms with van der Waals surface area (Å²) in [4.78, 5) is 10.1. The quantitative estimate of drug-likeness (QED) is 0.414. The number of nitrogen functional groups attached to an aromatic ring is 1. The molecule has 0 atom stereocenters. The Bertz CT molecular complexity index is 650. The van der Waals surface area contributed by atoms with Crippen LogP contribution in [0.5, 0.6) is 0 Å². The number of nitro benzene ring substituents is 1. The molecule has 4 N–H and O–H groups in total. The number of anilines is 1. The van der Waals surface area contributed by atoms with Crippen LogP contribution in [0.1, 0.15) is 32.6 Å². The summed E-state index contributed by atoms with van der Waals surface area (Å²) in [6, 6.07) is 3.98. The highest BCUT2D eigenvalue weighted by Crippen LogP contribution is 2.38. The summed E-state index contributed by atoms with van der Waals surface area (Å²) in [5, 5.41) is 11.2. The normalized spacial score (nSPS) is 17.0. The predicted octanol–water partition coefficient (Wildman–Crippen LogP) is 1.49. The van der Waals surface area contributed by atoms with Crippen molar-refractivity contribution < 1.29 is 13.3 Å². The fourth-order valence-corrected chi connectivity index (χ4v) is 4.24.